The predicted molar refractivity (Wildman–Crippen MR) is 175 cm³/mol. The molecular formula is C32H27F7N4O6S2. The molecule has 4 aromatic rings. The Morgan fingerprint density at radius 3 is 2.29 bits per heavy atom. The number of sulfonamides is 1. The number of piperidine rings is 1. The molecule has 0 aliphatic carbocycles. The van der Waals surface area contributed by atoms with Gasteiger partial charge in [-0.25, -0.2) is 12.8 Å². The van der Waals surface area contributed by atoms with Crippen molar-refractivity contribution in [2.75, 3.05) is 42.0 Å². The van der Waals surface area contributed by atoms with Gasteiger partial charge in [0, 0.05) is 34.6 Å². The number of ether oxygens (including phenoxy) is 1. The summed E-state index contributed by atoms with van der Waals surface area (Å²) in [6, 6.07) is 8.69. The van der Waals surface area contributed by atoms with Gasteiger partial charge in [-0.1, -0.05) is 6.07 Å². The Bertz CT molecular complexity index is 2130. The summed E-state index contributed by atoms with van der Waals surface area (Å²) in [6.45, 7) is 0.547. The molecule has 3 amide bonds. The number of halogens is 7. The van der Waals surface area contributed by atoms with Crippen molar-refractivity contribution in [2.45, 2.75) is 25.2 Å². The minimum atomic E-state index is -5.10. The normalized spacial score (nSPS) is 15.4. The lowest BCUT2D eigenvalue weighted by molar-refractivity contribution is -0.140. The van der Waals surface area contributed by atoms with E-state index in [2.05, 4.69) is 10.6 Å². The minimum absolute atomic E-state index is 0.00692. The number of benzene rings is 3. The smallest absolute Gasteiger partial charge is 0.419 e. The molecule has 19 heteroatoms. The Labute approximate surface area is 289 Å². The number of alkyl halides is 6. The van der Waals surface area contributed by atoms with E-state index in [9.17, 15) is 53.5 Å². The standard InChI is InChI=1S/C32H27F7N4O6S2/c1-49-24-10-7-19(43-11-3-4-16(15-43)28(44)42-51(2,47)48)14-21(24)29(45)41-26-20-8-5-17(31(34,35)36)12-25(20)50-27(26)30(46)40-18-6-9-23(33)22(13-18)32(37,38)39/h5-10,12-14,16H,3-4,11,15H2,1-2H3,(H,40,46)(H,41,45)(H,42,44). The first-order valence-electron chi connectivity index (χ1n) is 14.8. The number of anilines is 3. The van der Waals surface area contributed by atoms with Crippen LogP contribution in [0.2, 0.25) is 0 Å². The number of nitrogens with one attached hydrogen (secondary N) is 3. The molecule has 1 unspecified atom stereocenters. The highest BCUT2D eigenvalue weighted by Gasteiger charge is 2.35. The van der Waals surface area contributed by atoms with Crippen LogP contribution >= 0.6 is 11.3 Å². The molecule has 10 nitrogen and oxygen atoms in total. The number of amides is 3. The number of carbonyl (C=O) groups is 3. The molecule has 3 N–H and O–H groups in total. The number of nitrogens with zero attached hydrogens (tertiary/aromatic N) is 1. The lowest BCUT2D eigenvalue weighted by Crippen LogP contribution is -2.44. The van der Waals surface area contributed by atoms with E-state index < -0.39 is 68.6 Å². The van der Waals surface area contributed by atoms with Gasteiger partial charge in [-0.2, -0.15) is 26.3 Å². The van der Waals surface area contributed by atoms with Gasteiger partial charge in [0.25, 0.3) is 11.8 Å². The van der Waals surface area contributed by atoms with Crippen molar-refractivity contribution < 1.29 is 58.3 Å². The average molecular weight is 761 g/mol. The van der Waals surface area contributed by atoms with E-state index >= 15 is 0 Å². The molecule has 1 aliphatic heterocycles. The molecule has 0 spiro atoms. The maximum Gasteiger partial charge on any atom is 0.419 e. The van der Waals surface area contributed by atoms with Gasteiger partial charge in [0.1, 0.15) is 16.4 Å². The molecule has 3 aromatic carbocycles. The van der Waals surface area contributed by atoms with E-state index in [1.807, 2.05) is 4.72 Å². The summed E-state index contributed by atoms with van der Waals surface area (Å²) in [5, 5.41) is 4.73. The van der Waals surface area contributed by atoms with Gasteiger partial charge in [0.15, 0.2) is 0 Å². The maximum absolute atomic E-state index is 13.9. The van der Waals surface area contributed by atoms with Gasteiger partial charge in [-0.3, -0.25) is 19.1 Å². The van der Waals surface area contributed by atoms with Gasteiger partial charge in [-0.05, 0) is 61.4 Å². The number of rotatable bonds is 8. The molecule has 0 bridgehead atoms. The molecule has 1 fully saturated rings. The van der Waals surface area contributed by atoms with Crippen LogP contribution in [-0.2, 0) is 27.2 Å². The zero-order valence-electron chi connectivity index (χ0n) is 26.5. The zero-order chi connectivity index (χ0) is 37.5. The SMILES string of the molecule is COc1ccc(N2CCCC(C(=O)NS(C)(=O)=O)C2)cc1C(=O)Nc1c(C(=O)Nc2ccc(F)c(C(F)(F)F)c2)sc2cc(C(F)(F)F)ccc12. The number of fused-ring (bicyclic) bond motifs is 1. The van der Waals surface area contributed by atoms with Crippen LogP contribution in [0.15, 0.2) is 54.6 Å². The fourth-order valence-electron chi connectivity index (χ4n) is 5.51. The molecule has 1 aliphatic rings. The second-order valence-corrected chi connectivity index (χ2v) is 14.3. The van der Waals surface area contributed by atoms with Crippen molar-refractivity contribution in [3.8, 4) is 5.75 Å². The van der Waals surface area contributed by atoms with Crippen molar-refractivity contribution in [3.05, 3.63) is 82.0 Å². The van der Waals surface area contributed by atoms with E-state index in [0.29, 0.717) is 48.5 Å². The van der Waals surface area contributed by atoms with Gasteiger partial charge < -0.3 is 20.3 Å². The number of hydrogen-bond donors (Lipinski definition) is 3. The second-order valence-electron chi connectivity index (χ2n) is 11.5. The van der Waals surface area contributed by atoms with Gasteiger partial charge in [-0.15, -0.1) is 11.3 Å². The lowest BCUT2D eigenvalue weighted by Gasteiger charge is -2.34. The number of carbonyl (C=O) groups excluding carboxylic acids is 3. The first kappa shape index (κ1) is 37.3. The van der Waals surface area contributed by atoms with Crippen molar-refractivity contribution >= 4 is 66.2 Å². The third-order valence-electron chi connectivity index (χ3n) is 7.86. The predicted octanol–water partition coefficient (Wildman–Crippen LogP) is 6.88. The topological polar surface area (TPSA) is 134 Å². The summed E-state index contributed by atoms with van der Waals surface area (Å²) < 4.78 is 125. The summed E-state index contributed by atoms with van der Waals surface area (Å²) in [7, 11) is -2.53. The van der Waals surface area contributed by atoms with E-state index in [1.54, 1.807) is 11.0 Å². The highest BCUT2D eigenvalue weighted by molar-refractivity contribution is 7.89. The molecule has 1 aromatic heterocycles. The Morgan fingerprint density at radius 2 is 1.65 bits per heavy atom. The average Bonchev–Trinajstić information content (AvgIpc) is 3.41. The van der Waals surface area contributed by atoms with E-state index in [0.717, 1.165) is 30.5 Å². The van der Waals surface area contributed by atoms with Crippen molar-refractivity contribution in [1.29, 1.82) is 0 Å². The monoisotopic (exact) mass is 760 g/mol. The minimum Gasteiger partial charge on any atom is -0.496 e. The lowest BCUT2D eigenvalue weighted by atomic mass is 9.96. The van der Waals surface area contributed by atoms with Gasteiger partial charge >= 0.3 is 12.4 Å². The van der Waals surface area contributed by atoms with Crippen molar-refractivity contribution in [2.24, 2.45) is 5.92 Å². The van der Waals surface area contributed by atoms with Crippen LogP contribution < -0.4 is 25.0 Å². The summed E-state index contributed by atoms with van der Waals surface area (Å²) in [6.07, 6.45) is -8.09. The Balaban J connectivity index is 1.50. The van der Waals surface area contributed by atoms with Crippen LogP contribution in [0.5, 0.6) is 5.75 Å². The van der Waals surface area contributed by atoms with E-state index in [1.165, 1.54) is 19.2 Å². The molecular weight excluding hydrogens is 733 g/mol. The Kier molecular flexibility index (Phi) is 10.3. The van der Waals surface area contributed by atoms with Crippen LogP contribution in [-0.4, -0.2) is 52.6 Å². The zero-order valence-corrected chi connectivity index (χ0v) is 28.1. The molecule has 5 rings (SSSR count). The third-order valence-corrected chi connectivity index (χ3v) is 9.59. The first-order valence-corrected chi connectivity index (χ1v) is 17.5. The second kappa shape index (κ2) is 14.0. The molecule has 272 valence electrons. The molecule has 1 atom stereocenters. The third kappa shape index (κ3) is 8.53. The Morgan fingerprint density at radius 1 is 0.922 bits per heavy atom. The van der Waals surface area contributed by atoms with Crippen LogP contribution in [0.3, 0.4) is 0 Å². The fourth-order valence-corrected chi connectivity index (χ4v) is 7.13. The number of hydrogen-bond acceptors (Lipinski definition) is 8. The fraction of sp³-hybridized carbons (Fsp3) is 0.281. The summed E-state index contributed by atoms with van der Waals surface area (Å²) in [5.74, 6) is -4.91. The summed E-state index contributed by atoms with van der Waals surface area (Å²) in [4.78, 5) is 41.2. The molecule has 1 saturated heterocycles. The van der Waals surface area contributed by atoms with E-state index in [4.69, 9.17) is 4.74 Å². The highest BCUT2D eigenvalue weighted by atomic mass is 32.2. The molecule has 0 saturated carbocycles. The molecule has 51 heavy (non-hydrogen) atoms. The van der Waals surface area contributed by atoms with Gasteiger partial charge in [0.2, 0.25) is 15.9 Å². The number of methoxy groups -OCH3 is 1. The van der Waals surface area contributed by atoms with Gasteiger partial charge in [0.05, 0.1) is 41.7 Å². The van der Waals surface area contributed by atoms with Crippen LogP contribution in [0, 0.1) is 11.7 Å². The molecule has 2 heterocycles. The van der Waals surface area contributed by atoms with Crippen LogP contribution in [0.1, 0.15) is 44.0 Å². The van der Waals surface area contributed by atoms with E-state index in [-0.39, 0.29) is 38.5 Å². The van der Waals surface area contributed by atoms with Crippen LogP contribution in [0.4, 0.5) is 47.8 Å². The van der Waals surface area contributed by atoms with Crippen molar-refractivity contribution in [1.82, 2.24) is 4.72 Å². The molecule has 0 radical (unpaired) electrons. The maximum atomic E-state index is 13.9. The largest absolute Gasteiger partial charge is 0.496 e. The first-order chi connectivity index (χ1) is 23.7. The Hall–Kier alpha value is -4.91. The van der Waals surface area contributed by atoms with Crippen LogP contribution in [0.25, 0.3) is 10.1 Å². The summed E-state index contributed by atoms with van der Waals surface area (Å²) >= 11 is 0.531. The number of thiophene rings is 1. The summed E-state index contributed by atoms with van der Waals surface area (Å²) in [5.41, 5.74) is -3.11. The van der Waals surface area contributed by atoms with Crippen molar-refractivity contribution in [3.63, 3.8) is 0 Å². The quantitative estimate of drug-likeness (QED) is 0.167. The highest BCUT2D eigenvalue weighted by Crippen LogP contribution is 2.41.